The highest BCUT2D eigenvalue weighted by molar-refractivity contribution is 5.77. The molecular weight excluding hydrogens is 284 g/mol. The third kappa shape index (κ3) is 3.62. The molecule has 0 bridgehead atoms. The molecule has 22 heavy (non-hydrogen) atoms. The average molecular weight is 314 g/mol. The van der Waals surface area contributed by atoms with Crippen molar-refractivity contribution < 1.29 is 20.1 Å². The maximum absolute atomic E-state index is 11.5. The van der Waals surface area contributed by atoms with Crippen LogP contribution in [0.3, 0.4) is 0 Å². The van der Waals surface area contributed by atoms with Crippen molar-refractivity contribution in [3.63, 3.8) is 0 Å². The summed E-state index contributed by atoms with van der Waals surface area (Å²) in [5.74, 6) is -0.391. The summed E-state index contributed by atoms with van der Waals surface area (Å²) in [6.45, 7) is 2.12. The molecule has 0 aromatic rings. The molecule has 6 nitrogen and oxygen atoms in total. The van der Waals surface area contributed by atoms with Gasteiger partial charge in [-0.3, -0.25) is 9.69 Å². The molecule has 1 heterocycles. The van der Waals surface area contributed by atoms with Crippen LogP contribution in [0.1, 0.15) is 45.4 Å². The second-order valence-corrected chi connectivity index (χ2v) is 6.94. The summed E-state index contributed by atoms with van der Waals surface area (Å²) in [5, 5.41) is 30.0. The zero-order valence-corrected chi connectivity index (χ0v) is 13.4. The SMILES string of the molecule is CC(C(N)=O)C1C(O)C(O)C(CO)N1CCC1CCCCC1. The van der Waals surface area contributed by atoms with Gasteiger partial charge in [-0.25, -0.2) is 0 Å². The van der Waals surface area contributed by atoms with Gasteiger partial charge < -0.3 is 21.1 Å². The molecule has 1 aliphatic heterocycles. The molecule has 5 unspecified atom stereocenters. The van der Waals surface area contributed by atoms with Gasteiger partial charge in [0.1, 0.15) is 0 Å². The number of aliphatic hydroxyl groups is 3. The molecule has 0 aromatic heterocycles. The van der Waals surface area contributed by atoms with Crippen LogP contribution >= 0.6 is 0 Å². The number of nitrogens with two attached hydrogens (primary N) is 1. The van der Waals surface area contributed by atoms with Crippen LogP contribution in [-0.4, -0.2) is 63.6 Å². The van der Waals surface area contributed by atoms with E-state index >= 15 is 0 Å². The minimum absolute atomic E-state index is 0.231. The molecule has 2 rings (SSSR count). The third-order valence-corrected chi connectivity index (χ3v) is 5.57. The van der Waals surface area contributed by atoms with Crippen LogP contribution in [0.4, 0.5) is 0 Å². The quantitative estimate of drug-likeness (QED) is 0.545. The molecule has 1 amide bonds. The second-order valence-electron chi connectivity index (χ2n) is 6.94. The Morgan fingerprint density at radius 3 is 2.41 bits per heavy atom. The Kier molecular flexibility index (Phi) is 6.20. The summed E-state index contributed by atoms with van der Waals surface area (Å²) >= 11 is 0. The number of carbonyl (C=O) groups excluding carboxylic acids is 1. The van der Waals surface area contributed by atoms with Crippen molar-refractivity contribution >= 4 is 5.91 Å². The van der Waals surface area contributed by atoms with Crippen LogP contribution in [0, 0.1) is 11.8 Å². The number of amides is 1. The first-order chi connectivity index (χ1) is 10.5. The maximum Gasteiger partial charge on any atom is 0.221 e. The molecule has 6 heteroatoms. The summed E-state index contributed by atoms with van der Waals surface area (Å²) in [6, 6.07) is -1.04. The first kappa shape index (κ1) is 17.7. The van der Waals surface area contributed by atoms with Crippen LogP contribution in [-0.2, 0) is 4.79 Å². The number of likely N-dealkylation sites (tertiary alicyclic amines) is 1. The first-order valence-electron chi connectivity index (χ1n) is 8.49. The summed E-state index contributed by atoms with van der Waals surface area (Å²) in [7, 11) is 0. The topological polar surface area (TPSA) is 107 Å². The predicted octanol–water partition coefficient (Wildman–Crippen LogP) is -0.155. The third-order valence-electron chi connectivity index (χ3n) is 5.57. The Labute approximate surface area is 132 Å². The molecule has 1 aliphatic carbocycles. The monoisotopic (exact) mass is 314 g/mol. The molecule has 2 fully saturated rings. The van der Waals surface area contributed by atoms with E-state index in [4.69, 9.17) is 5.73 Å². The van der Waals surface area contributed by atoms with Gasteiger partial charge >= 0.3 is 0 Å². The Hall–Kier alpha value is -0.690. The van der Waals surface area contributed by atoms with Crippen LogP contribution in [0.2, 0.25) is 0 Å². The lowest BCUT2D eigenvalue weighted by molar-refractivity contribution is -0.124. The molecule has 5 N–H and O–H groups in total. The number of carbonyl (C=O) groups is 1. The minimum Gasteiger partial charge on any atom is -0.395 e. The highest BCUT2D eigenvalue weighted by Gasteiger charge is 2.50. The van der Waals surface area contributed by atoms with Gasteiger partial charge in [0.2, 0.25) is 5.91 Å². The smallest absolute Gasteiger partial charge is 0.221 e. The van der Waals surface area contributed by atoms with Gasteiger partial charge in [-0.1, -0.05) is 39.0 Å². The zero-order chi connectivity index (χ0) is 16.3. The molecule has 5 atom stereocenters. The van der Waals surface area contributed by atoms with Crippen molar-refractivity contribution in [3.05, 3.63) is 0 Å². The van der Waals surface area contributed by atoms with Crippen LogP contribution in [0.25, 0.3) is 0 Å². The van der Waals surface area contributed by atoms with Gasteiger partial charge in [-0.15, -0.1) is 0 Å². The van der Waals surface area contributed by atoms with E-state index in [-0.39, 0.29) is 6.61 Å². The summed E-state index contributed by atoms with van der Waals surface area (Å²) in [4.78, 5) is 13.4. The van der Waals surface area contributed by atoms with Crippen molar-refractivity contribution in [1.82, 2.24) is 4.90 Å². The van der Waals surface area contributed by atoms with Gasteiger partial charge in [0.25, 0.3) is 0 Å². The van der Waals surface area contributed by atoms with Crippen molar-refractivity contribution in [3.8, 4) is 0 Å². The van der Waals surface area contributed by atoms with Crippen molar-refractivity contribution in [2.75, 3.05) is 13.2 Å². The first-order valence-corrected chi connectivity index (χ1v) is 8.49. The van der Waals surface area contributed by atoms with Gasteiger partial charge in [0.05, 0.1) is 30.8 Å². The molecule has 0 aromatic carbocycles. The normalized spacial score (nSPS) is 35.6. The fraction of sp³-hybridized carbons (Fsp3) is 0.938. The number of nitrogens with zero attached hydrogens (tertiary/aromatic N) is 1. The van der Waals surface area contributed by atoms with E-state index in [0.29, 0.717) is 12.5 Å². The highest BCUT2D eigenvalue weighted by atomic mass is 16.3. The molecule has 0 spiro atoms. The van der Waals surface area contributed by atoms with Crippen LogP contribution < -0.4 is 5.73 Å². The fourth-order valence-electron chi connectivity index (χ4n) is 4.13. The Morgan fingerprint density at radius 2 is 1.86 bits per heavy atom. The van der Waals surface area contributed by atoms with E-state index in [9.17, 15) is 20.1 Å². The summed E-state index contributed by atoms with van der Waals surface area (Å²) in [5.41, 5.74) is 5.39. The Bertz CT molecular complexity index is 373. The van der Waals surface area contributed by atoms with E-state index in [1.165, 1.54) is 32.1 Å². The Balaban J connectivity index is 2.06. The van der Waals surface area contributed by atoms with Crippen molar-refractivity contribution in [2.45, 2.75) is 69.7 Å². The number of rotatable bonds is 6. The predicted molar refractivity (Wildman–Crippen MR) is 82.9 cm³/mol. The lowest BCUT2D eigenvalue weighted by atomic mass is 9.86. The standard InChI is InChI=1S/C16H30N2O4/c1-10(16(17)22)13-15(21)14(20)12(9-19)18(13)8-7-11-5-3-2-4-6-11/h10-15,19-21H,2-9H2,1H3,(H2,17,22). The molecule has 128 valence electrons. The van der Waals surface area contributed by atoms with Crippen LogP contribution in [0.5, 0.6) is 0 Å². The number of hydrogen-bond acceptors (Lipinski definition) is 5. The van der Waals surface area contributed by atoms with Crippen molar-refractivity contribution in [1.29, 1.82) is 0 Å². The fourth-order valence-corrected chi connectivity index (χ4v) is 4.13. The molecule has 1 saturated carbocycles. The minimum atomic E-state index is -1.05. The average Bonchev–Trinajstić information content (AvgIpc) is 2.76. The van der Waals surface area contributed by atoms with E-state index in [1.807, 2.05) is 4.90 Å². The largest absolute Gasteiger partial charge is 0.395 e. The maximum atomic E-state index is 11.5. The van der Waals surface area contributed by atoms with E-state index in [0.717, 1.165) is 6.42 Å². The molecular formula is C16H30N2O4. The molecule has 0 radical (unpaired) electrons. The molecule has 1 saturated heterocycles. The number of primary amides is 1. The van der Waals surface area contributed by atoms with Crippen LogP contribution in [0.15, 0.2) is 0 Å². The van der Waals surface area contributed by atoms with Crippen molar-refractivity contribution in [2.24, 2.45) is 17.6 Å². The van der Waals surface area contributed by atoms with Gasteiger partial charge in [0, 0.05) is 6.04 Å². The molecule has 2 aliphatic rings. The lowest BCUT2D eigenvalue weighted by Crippen LogP contribution is -2.48. The summed E-state index contributed by atoms with van der Waals surface area (Å²) < 4.78 is 0. The summed E-state index contributed by atoms with van der Waals surface area (Å²) in [6.07, 6.45) is 5.16. The Morgan fingerprint density at radius 1 is 1.23 bits per heavy atom. The van der Waals surface area contributed by atoms with E-state index in [2.05, 4.69) is 0 Å². The van der Waals surface area contributed by atoms with E-state index in [1.54, 1.807) is 6.92 Å². The zero-order valence-electron chi connectivity index (χ0n) is 13.4. The number of hydrogen-bond donors (Lipinski definition) is 4. The van der Waals surface area contributed by atoms with Gasteiger partial charge in [0.15, 0.2) is 0 Å². The highest BCUT2D eigenvalue weighted by Crippen LogP contribution is 2.32. The van der Waals surface area contributed by atoms with Gasteiger partial charge in [-0.2, -0.15) is 0 Å². The second kappa shape index (κ2) is 7.73. The lowest BCUT2D eigenvalue weighted by Gasteiger charge is -2.34. The van der Waals surface area contributed by atoms with E-state index < -0.39 is 36.1 Å². The van der Waals surface area contributed by atoms with Gasteiger partial charge in [-0.05, 0) is 18.9 Å². The number of aliphatic hydroxyl groups excluding tert-OH is 3.